The van der Waals surface area contributed by atoms with Crippen LogP contribution in [0.2, 0.25) is 0 Å². The number of ether oxygens (including phenoxy) is 1. The maximum Gasteiger partial charge on any atom is 0.306 e. The van der Waals surface area contributed by atoms with Gasteiger partial charge in [-0.3, -0.25) is 24.5 Å². The number of rotatable bonds is 8. The summed E-state index contributed by atoms with van der Waals surface area (Å²) in [4.78, 5) is 47.2. The van der Waals surface area contributed by atoms with Crippen LogP contribution in [0, 0.1) is 41.7 Å². The molecule has 0 unspecified atom stereocenters. The van der Waals surface area contributed by atoms with Crippen molar-refractivity contribution in [2.24, 2.45) is 17.8 Å². The van der Waals surface area contributed by atoms with E-state index < -0.39 is 22.7 Å². The van der Waals surface area contributed by atoms with Gasteiger partial charge in [-0.25, -0.2) is 0 Å². The molecular formula is C20H26N2O6. The molecule has 1 aromatic heterocycles. The predicted octanol–water partition coefficient (Wildman–Crippen LogP) is 2.67. The Labute approximate surface area is 163 Å². The monoisotopic (exact) mass is 390 g/mol. The second kappa shape index (κ2) is 7.85. The normalized spacial score (nSPS) is 24.4. The number of Topliss-reactive ketones (excluding diaryl/α,β-unsaturated/α-hetero) is 2. The van der Waals surface area contributed by atoms with Crippen LogP contribution in [0.3, 0.4) is 0 Å². The highest BCUT2D eigenvalue weighted by molar-refractivity contribution is 5.99. The topological polar surface area (TPSA) is 109 Å². The highest BCUT2D eigenvalue weighted by atomic mass is 16.6. The molecule has 2 aliphatic carbocycles. The third kappa shape index (κ3) is 4.15. The molecule has 3 rings (SSSR count). The fourth-order valence-electron chi connectivity index (χ4n) is 4.42. The molecule has 0 amide bonds. The van der Waals surface area contributed by atoms with Gasteiger partial charge in [-0.2, -0.15) is 0 Å². The molecule has 2 aliphatic rings. The average molecular weight is 390 g/mol. The zero-order valence-electron chi connectivity index (χ0n) is 16.5. The number of nitrogens with zero attached hydrogens (tertiary/aromatic N) is 2. The number of aromatic nitrogens is 1. The van der Waals surface area contributed by atoms with Crippen LogP contribution in [-0.4, -0.2) is 40.2 Å². The van der Waals surface area contributed by atoms with Crippen LogP contribution < -0.4 is 0 Å². The van der Waals surface area contributed by atoms with Gasteiger partial charge in [-0.1, -0.05) is 6.92 Å². The van der Waals surface area contributed by atoms with Crippen molar-refractivity contribution in [3.05, 3.63) is 33.1 Å². The molecule has 0 radical (unpaired) electrons. The fraction of sp³-hybridized carbons (Fsp3) is 0.650. The number of carbonyl (C=O) groups excluding carboxylic acids is 3. The molecule has 3 atom stereocenters. The molecule has 8 heteroatoms. The van der Waals surface area contributed by atoms with Gasteiger partial charge in [0, 0.05) is 46.2 Å². The number of nitro groups is 1. The highest BCUT2D eigenvalue weighted by Gasteiger charge is 2.44. The van der Waals surface area contributed by atoms with Crippen molar-refractivity contribution in [3.8, 4) is 0 Å². The molecule has 8 nitrogen and oxygen atoms in total. The van der Waals surface area contributed by atoms with Crippen molar-refractivity contribution >= 4 is 17.5 Å². The molecule has 0 spiro atoms. The molecular weight excluding hydrogens is 364 g/mol. The van der Waals surface area contributed by atoms with E-state index >= 15 is 0 Å². The second-order valence-electron chi connectivity index (χ2n) is 8.11. The van der Waals surface area contributed by atoms with Gasteiger partial charge in [0.1, 0.15) is 5.78 Å². The van der Waals surface area contributed by atoms with Crippen molar-refractivity contribution in [3.63, 3.8) is 0 Å². The molecule has 28 heavy (non-hydrogen) atoms. The summed E-state index contributed by atoms with van der Waals surface area (Å²) in [7, 11) is 0. The molecule has 152 valence electrons. The van der Waals surface area contributed by atoms with Crippen LogP contribution in [-0.2, 0) is 14.3 Å². The van der Waals surface area contributed by atoms with Crippen molar-refractivity contribution < 1.29 is 24.0 Å². The Hall–Kier alpha value is -2.51. The summed E-state index contributed by atoms with van der Waals surface area (Å²) >= 11 is 0. The Kier molecular flexibility index (Phi) is 5.67. The Morgan fingerprint density at radius 3 is 2.61 bits per heavy atom. The summed E-state index contributed by atoms with van der Waals surface area (Å²) in [5.74, 6) is -2.39. The van der Waals surface area contributed by atoms with Crippen molar-refractivity contribution in [2.45, 2.75) is 52.5 Å². The fourth-order valence-corrected chi connectivity index (χ4v) is 4.42. The van der Waals surface area contributed by atoms with E-state index in [0.717, 1.165) is 24.2 Å². The van der Waals surface area contributed by atoms with Crippen LogP contribution in [0.5, 0.6) is 0 Å². The number of esters is 1. The van der Waals surface area contributed by atoms with Gasteiger partial charge in [0.2, 0.25) is 12.3 Å². The first-order valence-electron chi connectivity index (χ1n) is 9.70. The van der Waals surface area contributed by atoms with Crippen LogP contribution in [0.15, 0.2) is 6.07 Å². The third-order valence-corrected chi connectivity index (χ3v) is 5.99. The minimum absolute atomic E-state index is 0.134. The van der Waals surface area contributed by atoms with Crippen LogP contribution in [0.4, 0.5) is 0 Å². The Balaban J connectivity index is 1.58. The summed E-state index contributed by atoms with van der Waals surface area (Å²) in [6.07, 6.45) is 2.24. The SMILES string of the molecule is Cc1cc(C(=O)COC(=O)C[C@@H]2C(=O)C[C@@H](C)[C@H]2C[N+](=O)[O-])c(C)n1C1CC1. The second-order valence-corrected chi connectivity index (χ2v) is 8.11. The van der Waals surface area contributed by atoms with E-state index in [1.165, 1.54) is 0 Å². The van der Waals surface area contributed by atoms with Crippen molar-refractivity contribution in [1.29, 1.82) is 0 Å². The largest absolute Gasteiger partial charge is 0.457 e. The summed E-state index contributed by atoms with van der Waals surface area (Å²) in [6.45, 7) is 4.91. The molecule has 0 aliphatic heterocycles. The molecule has 0 N–H and O–H groups in total. The van der Waals surface area contributed by atoms with Crippen LogP contribution >= 0.6 is 0 Å². The minimum atomic E-state index is -0.706. The van der Waals surface area contributed by atoms with E-state index in [2.05, 4.69) is 4.57 Å². The number of carbonyl (C=O) groups is 3. The van der Waals surface area contributed by atoms with Gasteiger partial charge in [-0.05, 0) is 38.7 Å². The first-order chi connectivity index (χ1) is 13.2. The molecule has 2 fully saturated rings. The Bertz CT molecular complexity index is 823. The first-order valence-corrected chi connectivity index (χ1v) is 9.70. The zero-order valence-corrected chi connectivity index (χ0v) is 16.5. The van der Waals surface area contributed by atoms with E-state index in [1.807, 2.05) is 19.9 Å². The Morgan fingerprint density at radius 1 is 1.32 bits per heavy atom. The standard InChI is InChI=1S/C20H26N2O6/c1-11-6-18(23)16(17(11)9-21(26)27)8-20(25)28-10-19(24)15-7-12(2)22(13(15)3)14-4-5-14/h7,11,14,16-17H,4-6,8-10H2,1-3H3/t11-,16+,17-/m1/s1. The van der Waals surface area contributed by atoms with Gasteiger partial charge >= 0.3 is 5.97 Å². The summed E-state index contributed by atoms with van der Waals surface area (Å²) < 4.78 is 7.27. The number of hydrogen-bond acceptors (Lipinski definition) is 6. The lowest BCUT2D eigenvalue weighted by Gasteiger charge is -2.17. The summed E-state index contributed by atoms with van der Waals surface area (Å²) in [5, 5.41) is 10.9. The quantitative estimate of drug-likeness (QED) is 0.292. The van der Waals surface area contributed by atoms with Gasteiger partial charge in [0.25, 0.3) is 0 Å². The lowest BCUT2D eigenvalue weighted by atomic mass is 9.88. The zero-order chi connectivity index (χ0) is 20.6. The molecule has 1 aromatic rings. The summed E-state index contributed by atoms with van der Waals surface area (Å²) in [6, 6.07) is 2.28. The summed E-state index contributed by atoms with van der Waals surface area (Å²) in [5.41, 5.74) is 2.45. The molecule has 2 saturated carbocycles. The van der Waals surface area contributed by atoms with Crippen molar-refractivity contribution in [1.82, 2.24) is 4.57 Å². The molecule has 0 saturated heterocycles. The number of hydrogen-bond donors (Lipinski definition) is 0. The number of ketones is 2. The van der Waals surface area contributed by atoms with Gasteiger partial charge in [-0.15, -0.1) is 0 Å². The third-order valence-electron chi connectivity index (χ3n) is 5.99. The van der Waals surface area contributed by atoms with Crippen LogP contribution in [0.25, 0.3) is 0 Å². The van der Waals surface area contributed by atoms with Gasteiger partial charge < -0.3 is 9.30 Å². The average Bonchev–Trinajstić information content (AvgIpc) is 3.35. The van der Waals surface area contributed by atoms with E-state index in [9.17, 15) is 24.5 Å². The minimum Gasteiger partial charge on any atom is -0.457 e. The maximum atomic E-state index is 12.5. The van der Waals surface area contributed by atoms with Crippen LogP contribution in [0.1, 0.15) is 60.4 Å². The molecule has 1 heterocycles. The molecule has 0 aromatic carbocycles. The van der Waals surface area contributed by atoms with E-state index in [4.69, 9.17) is 4.74 Å². The Morgan fingerprint density at radius 2 is 2.00 bits per heavy atom. The number of aryl methyl sites for hydroxylation is 1. The lowest BCUT2D eigenvalue weighted by Crippen LogP contribution is -2.28. The highest BCUT2D eigenvalue weighted by Crippen LogP contribution is 2.38. The lowest BCUT2D eigenvalue weighted by molar-refractivity contribution is -0.490. The van der Waals surface area contributed by atoms with E-state index in [-0.39, 0.29) is 43.5 Å². The molecule has 0 bridgehead atoms. The van der Waals surface area contributed by atoms with E-state index in [0.29, 0.717) is 11.6 Å². The maximum absolute atomic E-state index is 12.5. The van der Waals surface area contributed by atoms with E-state index in [1.54, 1.807) is 6.92 Å². The smallest absolute Gasteiger partial charge is 0.306 e. The predicted molar refractivity (Wildman–Crippen MR) is 99.7 cm³/mol. The first kappa shape index (κ1) is 20.2. The van der Waals surface area contributed by atoms with Gasteiger partial charge in [0.15, 0.2) is 6.61 Å². The van der Waals surface area contributed by atoms with Gasteiger partial charge in [0.05, 0.1) is 6.42 Å². The van der Waals surface area contributed by atoms with Crippen molar-refractivity contribution in [2.75, 3.05) is 13.2 Å².